The van der Waals surface area contributed by atoms with Gasteiger partial charge in [0.2, 0.25) is 0 Å². The third-order valence-electron chi connectivity index (χ3n) is 4.12. The number of rotatable bonds is 5. The molecule has 98 valence electrons. The van der Waals surface area contributed by atoms with Gasteiger partial charge < -0.3 is 0 Å². The smallest absolute Gasteiger partial charge is 0.252 e. The normalized spacial score (nSPS) is 23.2. The van der Waals surface area contributed by atoms with Crippen molar-refractivity contribution in [2.75, 3.05) is 0 Å². The molecule has 0 aromatic heterocycles. The molecule has 1 aromatic rings. The highest BCUT2D eigenvalue weighted by atomic mass is 35.5. The van der Waals surface area contributed by atoms with Crippen LogP contribution in [0.1, 0.15) is 67.3 Å². The molecular formula is C16H21ClO. The minimum absolute atomic E-state index is 0.367. The average molecular weight is 265 g/mol. The second-order valence-corrected chi connectivity index (χ2v) is 5.76. The summed E-state index contributed by atoms with van der Waals surface area (Å²) in [5, 5.41) is -0.367. The van der Waals surface area contributed by atoms with E-state index >= 15 is 0 Å². The number of halogens is 1. The molecule has 0 spiro atoms. The predicted octanol–water partition coefficient (Wildman–Crippen LogP) is 5.14. The van der Waals surface area contributed by atoms with Crippen LogP contribution in [-0.4, -0.2) is 5.24 Å². The first-order valence-corrected chi connectivity index (χ1v) is 7.38. The van der Waals surface area contributed by atoms with Gasteiger partial charge in [0.1, 0.15) is 0 Å². The van der Waals surface area contributed by atoms with Gasteiger partial charge in [-0.3, -0.25) is 4.79 Å². The molecule has 1 nitrogen and oxygen atoms in total. The monoisotopic (exact) mass is 264 g/mol. The number of hydrogen-bond donors (Lipinski definition) is 0. The van der Waals surface area contributed by atoms with Gasteiger partial charge in [-0.15, -0.1) is 0 Å². The van der Waals surface area contributed by atoms with E-state index in [4.69, 9.17) is 11.6 Å². The van der Waals surface area contributed by atoms with E-state index in [2.05, 4.69) is 19.1 Å². The van der Waals surface area contributed by atoms with Gasteiger partial charge in [-0.2, -0.15) is 0 Å². The van der Waals surface area contributed by atoms with Crippen LogP contribution < -0.4 is 0 Å². The molecule has 0 saturated heterocycles. The molecule has 1 saturated carbocycles. The summed E-state index contributed by atoms with van der Waals surface area (Å²) >= 11 is 5.46. The molecule has 2 unspecified atom stereocenters. The SMILES string of the molecule is CCCCC1CCC(c2ccc(C(=O)Cl)cc2)C1. The van der Waals surface area contributed by atoms with E-state index in [9.17, 15) is 4.79 Å². The van der Waals surface area contributed by atoms with Gasteiger partial charge in [-0.05, 0) is 60.4 Å². The summed E-state index contributed by atoms with van der Waals surface area (Å²) in [6.07, 6.45) is 8.01. The number of benzene rings is 1. The zero-order valence-corrected chi connectivity index (χ0v) is 11.7. The molecule has 2 atom stereocenters. The Balaban J connectivity index is 1.94. The van der Waals surface area contributed by atoms with Crippen molar-refractivity contribution in [3.8, 4) is 0 Å². The van der Waals surface area contributed by atoms with Crippen molar-refractivity contribution >= 4 is 16.8 Å². The Kier molecular flexibility index (Phi) is 4.82. The van der Waals surface area contributed by atoms with E-state index in [-0.39, 0.29) is 5.24 Å². The highest BCUT2D eigenvalue weighted by Gasteiger charge is 2.25. The van der Waals surface area contributed by atoms with Gasteiger partial charge >= 0.3 is 0 Å². The van der Waals surface area contributed by atoms with E-state index in [0.717, 1.165) is 5.92 Å². The van der Waals surface area contributed by atoms with Crippen molar-refractivity contribution in [2.24, 2.45) is 5.92 Å². The fourth-order valence-corrected chi connectivity index (χ4v) is 3.15. The van der Waals surface area contributed by atoms with Crippen LogP contribution in [0.2, 0.25) is 0 Å². The quantitative estimate of drug-likeness (QED) is 0.673. The third kappa shape index (κ3) is 3.35. The van der Waals surface area contributed by atoms with Gasteiger partial charge in [0.15, 0.2) is 0 Å². The lowest BCUT2D eigenvalue weighted by atomic mass is 9.94. The van der Waals surface area contributed by atoms with E-state index in [0.29, 0.717) is 11.5 Å². The predicted molar refractivity (Wildman–Crippen MR) is 76.2 cm³/mol. The second kappa shape index (κ2) is 6.38. The standard InChI is InChI=1S/C16H21ClO/c1-2-3-4-12-5-6-15(11-12)13-7-9-14(10-8-13)16(17)18/h7-10,12,15H,2-6,11H2,1H3. The molecule has 1 fully saturated rings. The number of hydrogen-bond acceptors (Lipinski definition) is 1. The number of unbranched alkanes of at least 4 members (excludes halogenated alkanes) is 1. The maximum absolute atomic E-state index is 11.0. The highest BCUT2D eigenvalue weighted by molar-refractivity contribution is 6.67. The molecule has 0 heterocycles. The van der Waals surface area contributed by atoms with Crippen LogP contribution in [0.3, 0.4) is 0 Å². The van der Waals surface area contributed by atoms with Crippen LogP contribution >= 0.6 is 11.6 Å². The molecule has 2 rings (SSSR count). The number of carbonyl (C=O) groups is 1. The van der Waals surface area contributed by atoms with Crippen LogP contribution in [0, 0.1) is 5.92 Å². The van der Waals surface area contributed by atoms with Crippen molar-refractivity contribution in [1.82, 2.24) is 0 Å². The Morgan fingerprint density at radius 2 is 2.00 bits per heavy atom. The molecule has 18 heavy (non-hydrogen) atoms. The maximum Gasteiger partial charge on any atom is 0.252 e. The van der Waals surface area contributed by atoms with Crippen LogP contribution in [0.15, 0.2) is 24.3 Å². The molecule has 2 heteroatoms. The summed E-state index contributed by atoms with van der Waals surface area (Å²) in [4.78, 5) is 11.0. The first kappa shape index (κ1) is 13.6. The van der Waals surface area contributed by atoms with E-state index in [1.165, 1.54) is 44.1 Å². The average Bonchev–Trinajstić information content (AvgIpc) is 2.85. The number of carbonyl (C=O) groups excluding carboxylic acids is 1. The summed E-state index contributed by atoms with van der Waals surface area (Å²) < 4.78 is 0. The first-order chi connectivity index (χ1) is 8.70. The van der Waals surface area contributed by atoms with Crippen molar-refractivity contribution < 1.29 is 4.79 Å². The Morgan fingerprint density at radius 3 is 2.61 bits per heavy atom. The maximum atomic E-state index is 11.0. The lowest BCUT2D eigenvalue weighted by Crippen LogP contribution is -1.97. The second-order valence-electron chi connectivity index (χ2n) is 5.41. The van der Waals surface area contributed by atoms with Gasteiger partial charge in [-0.1, -0.05) is 38.3 Å². The van der Waals surface area contributed by atoms with Gasteiger partial charge in [0, 0.05) is 5.56 Å². The van der Waals surface area contributed by atoms with Crippen molar-refractivity contribution in [3.63, 3.8) is 0 Å². The van der Waals surface area contributed by atoms with E-state index in [1.54, 1.807) is 0 Å². The molecule has 0 radical (unpaired) electrons. The fourth-order valence-electron chi connectivity index (χ4n) is 3.02. The van der Waals surface area contributed by atoms with Crippen LogP contribution in [0.4, 0.5) is 0 Å². The van der Waals surface area contributed by atoms with E-state index in [1.807, 2.05) is 12.1 Å². The van der Waals surface area contributed by atoms with Gasteiger partial charge in [0.05, 0.1) is 0 Å². The van der Waals surface area contributed by atoms with Crippen molar-refractivity contribution in [1.29, 1.82) is 0 Å². The summed E-state index contributed by atoms with van der Waals surface area (Å²) in [6.45, 7) is 2.26. The lowest BCUT2D eigenvalue weighted by molar-refractivity contribution is 0.108. The van der Waals surface area contributed by atoms with Crippen LogP contribution in [-0.2, 0) is 0 Å². The van der Waals surface area contributed by atoms with Gasteiger partial charge in [-0.25, -0.2) is 0 Å². The van der Waals surface area contributed by atoms with Crippen molar-refractivity contribution in [2.45, 2.75) is 51.4 Å². The Labute approximate surface area is 115 Å². The third-order valence-corrected chi connectivity index (χ3v) is 4.33. The molecule has 1 aromatic carbocycles. The molecule has 0 amide bonds. The molecule has 1 aliphatic carbocycles. The Morgan fingerprint density at radius 1 is 1.28 bits per heavy atom. The van der Waals surface area contributed by atoms with Crippen molar-refractivity contribution in [3.05, 3.63) is 35.4 Å². The van der Waals surface area contributed by atoms with Crippen LogP contribution in [0.25, 0.3) is 0 Å². The topological polar surface area (TPSA) is 17.1 Å². The molecular weight excluding hydrogens is 244 g/mol. The highest BCUT2D eigenvalue weighted by Crippen LogP contribution is 2.40. The molecule has 1 aliphatic rings. The summed E-state index contributed by atoms with van der Waals surface area (Å²) in [7, 11) is 0. The molecule has 0 N–H and O–H groups in total. The largest absolute Gasteiger partial charge is 0.276 e. The summed E-state index contributed by atoms with van der Waals surface area (Å²) in [6, 6.07) is 7.85. The summed E-state index contributed by atoms with van der Waals surface area (Å²) in [5.41, 5.74) is 1.97. The molecule has 0 bridgehead atoms. The zero-order chi connectivity index (χ0) is 13.0. The Bertz CT molecular complexity index is 396. The fraction of sp³-hybridized carbons (Fsp3) is 0.562. The summed E-state index contributed by atoms with van der Waals surface area (Å²) in [5.74, 6) is 1.59. The first-order valence-electron chi connectivity index (χ1n) is 7.00. The minimum Gasteiger partial charge on any atom is -0.276 e. The van der Waals surface area contributed by atoms with Crippen LogP contribution in [0.5, 0.6) is 0 Å². The Hall–Kier alpha value is -0.820. The lowest BCUT2D eigenvalue weighted by Gasteiger charge is -2.11. The molecule has 0 aliphatic heterocycles. The zero-order valence-electron chi connectivity index (χ0n) is 11.0. The van der Waals surface area contributed by atoms with Gasteiger partial charge in [0.25, 0.3) is 5.24 Å². The van der Waals surface area contributed by atoms with E-state index < -0.39 is 0 Å². The minimum atomic E-state index is -0.367.